The van der Waals surface area contributed by atoms with E-state index in [-0.39, 0.29) is 16.6 Å². The zero-order valence-corrected chi connectivity index (χ0v) is 14.0. The van der Waals surface area contributed by atoms with Crippen molar-refractivity contribution >= 4 is 39.5 Å². The summed E-state index contributed by atoms with van der Waals surface area (Å²) in [5.74, 6) is -1.13. The van der Waals surface area contributed by atoms with E-state index in [1.807, 2.05) is 30.3 Å². The zero-order chi connectivity index (χ0) is 18.3. The molecule has 0 bridgehead atoms. The molecule has 4 aromatic rings. The molecule has 0 aliphatic carbocycles. The molecule has 126 valence electrons. The van der Waals surface area contributed by atoms with E-state index in [2.05, 4.69) is 15.0 Å². The highest BCUT2D eigenvalue weighted by molar-refractivity contribution is 6.31. The fourth-order valence-electron chi connectivity index (χ4n) is 2.94. The van der Waals surface area contributed by atoms with Crippen LogP contribution in [0, 0.1) is 11.3 Å². The summed E-state index contributed by atoms with van der Waals surface area (Å²) in [5.41, 5.74) is 2.19. The summed E-state index contributed by atoms with van der Waals surface area (Å²) in [6, 6.07) is 9.46. The Bertz CT molecular complexity index is 1230. The number of pyridine rings is 1. The number of hydrogen-bond acceptors (Lipinski definition) is 5. The minimum absolute atomic E-state index is 0.00245. The summed E-state index contributed by atoms with van der Waals surface area (Å²) in [5, 5.41) is 20.3. The maximum absolute atomic E-state index is 11.6. The Morgan fingerprint density at radius 1 is 1.27 bits per heavy atom. The number of halogens is 1. The molecule has 8 heteroatoms. The summed E-state index contributed by atoms with van der Waals surface area (Å²) in [6.07, 6.45) is 4.32. The lowest BCUT2D eigenvalue weighted by atomic mass is 10.1. The van der Waals surface area contributed by atoms with E-state index < -0.39 is 5.97 Å². The molecule has 0 saturated heterocycles. The molecule has 3 aromatic heterocycles. The van der Waals surface area contributed by atoms with Gasteiger partial charge in [0.25, 0.3) is 0 Å². The monoisotopic (exact) mass is 363 g/mol. The molecule has 0 atom stereocenters. The fourth-order valence-corrected chi connectivity index (χ4v) is 3.11. The SMILES string of the molecule is N#Cc1ncnc2c1c(C(=O)O)cn2Cc1ccc2ncc(Cl)cc2c1. The highest BCUT2D eigenvalue weighted by Gasteiger charge is 2.19. The molecule has 3 heterocycles. The molecule has 0 aliphatic heterocycles. The number of hydrogen-bond donors (Lipinski definition) is 1. The number of aromatic nitrogens is 4. The Labute approximate surface area is 152 Å². The molecule has 4 rings (SSSR count). The van der Waals surface area contributed by atoms with Crippen LogP contribution in [0.5, 0.6) is 0 Å². The van der Waals surface area contributed by atoms with Gasteiger partial charge in [-0.05, 0) is 23.8 Å². The molecule has 0 radical (unpaired) electrons. The highest BCUT2D eigenvalue weighted by atomic mass is 35.5. The zero-order valence-electron chi connectivity index (χ0n) is 13.2. The number of nitriles is 1. The smallest absolute Gasteiger partial charge is 0.338 e. The molecule has 7 nitrogen and oxygen atoms in total. The van der Waals surface area contributed by atoms with E-state index in [9.17, 15) is 15.2 Å². The Morgan fingerprint density at radius 3 is 2.88 bits per heavy atom. The predicted octanol–water partition coefficient (Wildman–Crippen LogP) is 3.25. The van der Waals surface area contributed by atoms with Crippen LogP contribution < -0.4 is 0 Å². The van der Waals surface area contributed by atoms with Crippen molar-refractivity contribution in [2.45, 2.75) is 6.54 Å². The second kappa shape index (κ2) is 6.10. The van der Waals surface area contributed by atoms with Crippen LogP contribution in [0.25, 0.3) is 21.9 Å². The van der Waals surface area contributed by atoms with E-state index in [1.54, 1.807) is 10.8 Å². The topological polar surface area (TPSA) is 105 Å². The largest absolute Gasteiger partial charge is 0.478 e. The minimum atomic E-state index is -1.13. The molecule has 26 heavy (non-hydrogen) atoms. The number of carboxylic acids is 1. The van der Waals surface area contributed by atoms with Crippen LogP contribution in [-0.4, -0.2) is 30.6 Å². The lowest BCUT2D eigenvalue weighted by molar-refractivity contribution is 0.0698. The minimum Gasteiger partial charge on any atom is -0.478 e. The van der Waals surface area contributed by atoms with Crippen molar-refractivity contribution in [1.29, 1.82) is 5.26 Å². The van der Waals surface area contributed by atoms with Gasteiger partial charge in [-0.2, -0.15) is 5.26 Å². The van der Waals surface area contributed by atoms with Gasteiger partial charge in [-0.1, -0.05) is 17.7 Å². The average Bonchev–Trinajstić information content (AvgIpc) is 3.00. The Morgan fingerprint density at radius 2 is 2.12 bits per heavy atom. The molecule has 0 aliphatic rings. The van der Waals surface area contributed by atoms with Crippen LogP contribution in [0.2, 0.25) is 5.02 Å². The third-order valence-corrected chi connectivity index (χ3v) is 4.26. The number of carbonyl (C=O) groups is 1. The van der Waals surface area contributed by atoms with E-state index in [0.717, 1.165) is 16.5 Å². The van der Waals surface area contributed by atoms with Crippen LogP contribution in [-0.2, 0) is 6.54 Å². The molecule has 1 aromatic carbocycles. The number of fused-ring (bicyclic) bond motifs is 2. The van der Waals surface area contributed by atoms with E-state index in [0.29, 0.717) is 17.2 Å². The van der Waals surface area contributed by atoms with Crippen molar-refractivity contribution in [2.75, 3.05) is 0 Å². The molecule has 1 N–H and O–H groups in total. The summed E-state index contributed by atoms with van der Waals surface area (Å²) in [6.45, 7) is 0.383. The molecule has 0 spiro atoms. The molecular formula is C18H10ClN5O2. The predicted molar refractivity (Wildman–Crippen MR) is 95.1 cm³/mol. The fraction of sp³-hybridized carbons (Fsp3) is 0.0556. The Kier molecular flexibility index (Phi) is 3.75. The first kappa shape index (κ1) is 16.0. The normalized spacial score (nSPS) is 10.9. The number of benzene rings is 1. The number of carboxylic acid groups (broad SMARTS) is 1. The van der Waals surface area contributed by atoms with E-state index >= 15 is 0 Å². The molecule has 0 fully saturated rings. The number of nitrogens with zero attached hydrogens (tertiary/aromatic N) is 5. The van der Waals surface area contributed by atoms with Crippen molar-refractivity contribution in [3.8, 4) is 6.07 Å². The van der Waals surface area contributed by atoms with Crippen LogP contribution in [0.4, 0.5) is 0 Å². The van der Waals surface area contributed by atoms with Crippen LogP contribution in [0.1, 0.15) is 21.6 Å². The summed E-state index contributed by atoms with van der Waals surface area (Å²) in [4.78, 5) is 23.9. The van der Waals surface area contributed by atoms with E-state index in [4.69, 9.17) is 11.6 Å². The Hall–Kier alpha value is -3.50. The molecule has 0 saturated carbocycles. The Balaban J connectivity index is 1.85. The third-order valence-electron chi connectivity index (χ3n) is 4.06. The lowest BCUT2D eigenvalue weighted by Crippen LogP contribution is -2.00. The first-order valence-electron chi connectivity index (χ1n) is 7.58. The molecular weight excluding hydrogens is 354 g/mol. The lowest BCUT2D eigenvalue weighted by Gasteiger charge is -2.06. The van der Waals surface area contributed by atoms with Gasteiger partial charge in [-0.15, -0.1) is 0 Å². The summed E-state index contributed by atoms with van der Waals surface area (Å²) in [7, 11) is 0. The summed E-state index contributed by atoms with van der Waals surface area (Å²) >= 11 is 6.00. The van der Waals surface area contributed by atoms with Crippen molar-refractivity contribution in [3.63, 3.8) is 0 Å². The van der Waals surface area contributed by atoms with Crippen molar-refractivity contribution < 1.29 is 9.90 Å². The van der Waals surface area contributed by atoms with Gasteiger partial charge >= 0.3 is 5.97 Å². The molecule has 0 amide bonds. The van der Waals surface area contributed by atoms with Gasteiger partial charge in [0.1, 0.15) is 18.0 Å². The first-order valence-corrected chi connectivity index (χ1v) is 7.96. The summed E-state index contributed by atoms with van der Waals surface area (Å²) < 4.78 is 1.69. The van der Waals surface area contributed by atoms with Gasteiger partial charge in [-0.3, -0.25) is 4.98 Å². The second-order valence-electron chi connectivity index (χ2n) is 5.69. The average molecular weight is 364 g/mol. The maximum Gasteiger partial charge on any atom is 0.338 e. The first-order chi connectivity index (χ1) is 12.6. The van der Waals surface area contributed by atoms with Gasteiger partial charge in [0.2, 0.25) is 0 Å². The van der Waals surface area contributed by atoms with Crippen molar-refractivity contribution in [3.05, 3.63) is 64.8 Å². The van der Waals surface area contributed by atoms with Crippen molar-refractivity contribution in [1.82, 2.24) is 19.5 Å². The quantitative estimate of drug-likeness (QED) is 0.599. The highest BCUT2D eigenvalue weighted by Crippen LogP contribution is 2.24. The van der Waals surface area contributed by atoms with E-state index in [1.165, 1.54) is 12.5 Å². The van der Waals surface area contributed by atoms with Crippen molar-refractivity contribution in [2.24, 2.45) is 0 Å². The maximum atomic E-state index is 11.6. The van der Waals surface area contributed by atoms with Gasteiger partial charge < -0.3 is 9.67 Å². The number of aromatic carboxylic acids is 1. The van der Waals surface area contributed by atoms with Gasteiger partial charge in [0.05, 0.1) is 21.5 Å². The second-order valence-corrected chi connectivity index (χ2v) is 6.13. The van der Waals surface area contributed by atoms with Crippen LogP contribution >= 0.6 is 11.6 Å². The third kappa shape index (κ3) is 2.62. The van der Waals surface area contributed by atoms with Crippen LogP contribution in [0.15, 0.2) is 43.0 Å². The van der Waals surface area contributed by atoms with Gasteiger partial charge in [-0.25, -0.2) is 14.8 Å². The molecule has 0 unspecified atom stereocenters. The standard InChI is InChI=1S/C18H10ClN5O2/c19-12-4-11-3-10(1-2-14(11)21-6-12)7-24-8-13(18(25)26)16-15(5-20)22-9-23-17(16)24/h1-4,6,8-9H,7H2,(H,25,26). The van der Waals surface area contributed by atoms with Gasteiger partial charge in [0.15, 0.2) is 5.69 Å². The van der Waals surface area contributed by atoms with Crippen LogP contribution in [0.3, 0.4) is 0 Å². The van der Waals surface area contributed by atoms with Gasteiger partial charge in [0, 0.05) is 24.3 Å². The number of rotatable bonds is 3.